The van der Waals surface area contributed by atoms with Gasteiger partial charge < -0.3 is 10.7 Å². The third-order valence-corrected chi connectivity index (χ3v) is 3.77. The van der Waals surface area contributed by atoms with Crippen molar-refractivity contribution in [2.45, 2.75) is 44.6 Å². The smallest absolute Gasteiger partial charge is 0.316 e. The summed E-state index contributed by atoms with van der Waals surface area (Å²) in [6, 6.07) is 5.10. The van der Waals surface area contributed by atoms with E-state index in [1.165, 1.54) is 6.42 Å². The number of nitrogens with two attached hydrogens (primary N) is 1. The van der Waals surface area contributed by atoms with Crippen LogP contribution >= 0.6 is 0 Å². The highest BCUT2D eigenvalue weighted by Gasteiger charge is 2.30. The van der Waals surface area contributed by atoms with Crippen LogP contribution in [0.15, 0.2) is 18.2 Å². The summed E-state index contributed by atoms with van der Waals surface area (Å²) in [4.78, 5) is 10.8. The first-order valence-corrected chi connectivity index (χ1v) is 6.58. The van der Waals surface area contributed by atoms with Gasteiger partial charge in [0.25, 0.3) is 0 Å². The molecule has 0 atom stereocenters. The number of nitrogens with one attached hydrogen (secondary N) is 2. The zero-order chi connectivity index (χ0) is 13.9. The van der Waals surface area contributed by atoms with E-state index in [0.29, 0.717) is 11.4 Å². The van der Waals surface area contributed by atoms with E-state index in [1.807, 2.05) is 0 Å². The molecular formula is C13H20N4O2. The number of nitro benzene ring substituents is 1. The van der Waals surface area contributed by atoms with Gasteiger partial charge in [-0.1, -0.05) is 25.3 Å². The first-order valence-electron chi connectivity index (χ1n) is 6.58. The molecule has 0 radical (unpaired) electrons. The summed E-state index contributed by atoms with van der Waals surface area (Å²) >= 11 is 0. The van der Waals surface area contributed by atoms with Gasteiger partial charge in [-0.05, 0) is 31.9 Å². The Bertz CT molecular complexity index is 470. The molecular weight excluding hydrogens is 244 g/mol. The molecule has 1 aliphatic carbocycles. The molecule has 0 aliphatic heterocycles. The monoisotopic (exact) mass is 264 g/mol. The molecule has 1 aliphatic rings. The number of nitro groups is 1. The van der Waals surface area contributed by atoms with Gasteiger partial charge in [0.15, 0.2) is 0 Å². The number of hydrazine groups is 1. The first-order chi connectivity index (χ1) is 9.06. The lowest BCUT2D eigenvalue weighted by Gasteiger charge is -2.35. The first kappa shape index (κ1) is 13.6. The van der Waals surface area contributed by atoms with E-state index in [0.717, 1.165) is 25.7 Å². The maximum atomic E-state index is 11.2. The fourth-order valence-corrected chi connectivity index (χ4v) is 2.74. The zero-order valence-electron chi connectivity index (χ0n) is 11.1. The number of benzene rings is 1. The molecule has 0 saturated heterocycles. The number of anilines is 2. The standard InChI is InChI=1S/C13H20N4O2/c1-13(8-3-2-4-9-13)15-10-6-5-7-11(16-14)12(10)17(18)19/h5-7,15-16H,2-4,8-9,14H2,1H3. The summed E-state index contributed by atoms with van der Waals surface area (Å²) in [5.41, 5.74) is 3.18. The fourth-order valence-electron chi connectivity index (χ4n) is 2.74. The molecule has 6 heteroatoms. The molecule has 0 heterocycles. The lowest BCUT2D eigenvalue weighted by molar-refractivity contribution is -0.383. The van der Waals surface area contributed by atoms with Gasteiger partial charge in [0.2, 0.25) is 0 Å². The highest BCUT2D eigenvalue weighted by Crippen LogP contribution is 2.37. The highest BCUT2D eigenvalue weighted by molar-refractivity contribution is 5.76. The SMILES string of the molecule is CC1(Nc2cccc(NN)c2[N+](=O)[O-])CCCCC1. The lowest BCUT2D eigenvalue weighted by atomic mass is 9.83. The van der Waals surface area contributed by atoms with Crippen LogP contribution in [0.1, 0.15) is 39.0 Å². The number of nitrogen functional groups attached to an aromatic ring is 1. The summed E-state index contributed by atoms with van der Waals surface area (Å²) in [5.74, 6) is 5.34. The van der Waals surface area contributed by atoms with Crippen molar-refractivity contribution in [1.82, 2.24) is 0 Å². The fraction of sp³-hybridized carbons (Fsp3) is 0.538. The molecule has 0 unspecified atom stereocenters. The molecule has 4 N–H and O–H groups in total. The molecule has 104 valence electrons. The van der Waals surface area contributed by atoms with Crippen molar-refractivity contribution >= 4 is 17.1 Å². The second-order valence-corrected chi connectivity index (χ2v) is 5.35. The number of hydrogen-bond acceptors (Lipinski definition) is 5. The van der Waals surface area contributed by atoms with Crippen molar-refractivity contribution < 1.29 is 4.92 Å². The quantitative estimate of drug-likeness (QED) is 0.441. The number of hydrogen-bond donors (Lipinski definition) is 3. The maximum absolute atomic E-state index is 11.2. The Labute approximate surface area is 112 Å². The van der Waals surface area contributed by atoms with Crippen molar-refractivity contribution in [3.8, 4) is 0 Å². The van der Waals surface area contributed by atoms with E-state index >= 15 is 0 Å². The Morgan fingerprint density at radius 2 is 1.89 bits per heavy atom. The van der Waals surface area contributed by atoms with Crippen molar-refractivity contribution in [1.29, 1.82) is 0 Å². The normalized spacial score (nSPS) is 17.8. The van der Waals surface area contributed by atoms with Gasteiger partial charge in [-0.15, -0.1) is 0 Å². The van der Waals surface area contributed by atoms with E-state index in [9.17, 15) is 10.1 Å². The Kier molecular flexibility index (Phi) is 3.90. The predicted molar refractivity (Wildman–Crippen MR) is 76.0 cm³/mol. The number of para-hydroxylation sites is 1. The molecule has 0 aromatic heterocycles. The van der Waals surface area contributed by atoms with Gasteiger partial charge in [0.05, 0.1) is 4.92 Å². The molecule has 1 aromatic carbocycles. The van der Waals surface area contributed by atoms with Crippen LogP contribution in [0.25, 0.3) is 0 Å². The molecule has 6 nitrogen and oxygen atoms in total. The van der Waals surface area contributed by atoms with Gasteiger partial charge >= 0.3 is 5.69 Å². The van der Waals surface area contributed by atoms with Crippen LogP contribution in [0.4, 0.5) is 17.1 Å². The van der Waals surface area contributed by atoms with E-state index in [2.05, 4.69) is 17.7 Å². The van der Waals surface area contributed by atoms with Crippen LogP contribution in [0, 0.1) is 10.1 Å². The minimum Gasteiger partial charge on any atom is -0.374 e. The van der Waals surface area contributed by atoms with E-state index < -0.39 is 4.92 Å². The summed E-state index contributed by atoms with van der Waals surface area (Å²) in [7, 11) is 0. The third-order valence-electron chi connectivity index (χ3n) is 3.77. The number of nitrogens with zero attached hydrogens (tertiary/aromatic N) is 1. The Morgan fingerprint density at radius 1 is 1.26 bits per heavy atom. The minimum atomic E-state index is -0.399. The topological polar surface area (TPSA) is 93.2 Å². The van der Waals surface area contributed by atoms with Crippen LogP contribution < -0.4 is 16.6 Å². The third kappa shape index (κ3) is 2.96. The highest BCUT2D eigenvalue weighted by atomic mass is 16.6. The lowest BCUT2D eigenvalue weighted by Crippen LogP contribution is -2.37. The summed E-state index contributed by atoms with van der Waals surface area (Å²) in [5, 5.41) is 14.6. The van der Waals surface area contributed by atoms with Gasteiger partial charge in [-0.25, -0.2) is 0 Å². The summed E-state index contributed by atoms with van der Waals surface area (Å²) < 4.78 is 0. The molecule has 1 saturated carbocycles. The Morgan fingerprint density at radius 3 is 2.47 bits per heavy atom. The van der Waals surface area contributed by atoms with E-state index in [-0.39, 0.29) is 11.2 Å². The zero-order valence-corrected chi connectivity index (χ0v) is 11.1. The average Bonchev–Trinajstić information content (AvgIpc) is 2.38. The van der Waals surface area contributed by atoms with Crippen LogP contribution in [-0.4, -0.2) is 10.5 Å². The van der Waals surface area contributed by atoms with Crippen molar-refractivity contribution in [3.05, 3.63) is 28.3 Å². The van der Waals surface area contributed by atoms with Gasteiger partial charge in [-0.3, -0.25) is 16.0 Å². The van der Waals surface area contributed by atoms with Crippen LogP contribution in [0.3, 0.4) is 0 Å². The average molecular weight is 264 g/mol. The van der Waals surface area contributed by atoms with Crippen molar-refractivity contribution in [2.75, 3.05) is 10.7 Å². The minimum absolute atomic E-state index is 0.0109. The van der Waals surface area contributed by atoms with Crippen LogP contribution in [0.2, 0.25) is 0 Å². The van der Waals surface area contributed by atoms with E-state index in [1.54, 1.807) is 18.2 Å². The largest absolute Gasteiger partial charge is 0.374 e. The van der Waals surface area contributed by atoms with Crippen molar-refractivity contribution in [2.24, 2.45) is 5.84 Å². The molecule has 19 heavy (non-hydrogen) atoms. The van der Waals surface area contributed by atoms with Gasteiger partial charge in [0.1, 0.15) is 11.4 Å². The van der Waals surface area contributed by atoms with Crippen LogP contribution in [0.5, 0.6) is 0 Å². The second-order valence-electron chi connectivity index (χ2n) is 5.35. The molecule has 1 aromatic rings. The second kappa shape index (κ2) is 5.44. The van der Waals surface area contributed by atoms with Crippen LogP contribution in [-0.2, 0) is 0 Å². The molecule has 2 rings (SSSR count). The summed E-state index contributed by atoms with van der Waals surface area (Å²) in [6.07, 6.45) is 5.62. The maximum Gasteiger partial charge on any atom is 0.316 e. The Hall–Kier alpha value is -1.82. The number of rotatable bonds is 4. The molecule has 0 spiro atoms. The van der Waals surface area contributed by atoms with Gasteiger partial charge in [-0.2, -0.15) is 0 Å². The molecule has 0 amide bonds. The predicted octanol–water partition coefficient (Wildman–Crippen LogP) is 3.02. The molecule has 1 fully saturated rings. The van der Waals surface area contributed by atoms with Crippen molar-refractivity contribution in [3.63, 3.8) is 0 Å². The van der Waals surface area contributed by atoms with Gasteiger partial charge in [0, 0.05) is 5.54 Å². The van der Waals surface area contributed by atoms with E-state index in [4.69, 9.17) is 5.84 Å². The Balaban J connectivity index is 2.31. The summed E-state index contributed by atoms with van der Waals surface area (Å²) in [6.45, 7) is 2.12. The molecule has 0 bridgehead atoms.